The molecule has 0 aliphatic heterocycles. The standard InChI is InChI=1S/C8H5F5.ClH.H3N/c9-4-1-2-5(6(10)3-4)7(11)8(12)13;;/h1-3,7-8H;1H;1H3. The van der Waals surface area contributed by atoms with Gasteiger partial charge in [-0.25, -0.2) is 22.0 Å². The van der Waals surface area contributed by atoms with Crippen LogP contribution in [0.1, 0.15) is 11.7 Å². The Kier molecular flexibility index (Phi) is 7.25. The quantitative estimate of drug-likeness (QED) is 0.795. The lowest BCUT2D eigenvalue weighted by atomic mass is 10.1. The van der Waals surface area contributed by atoms with Crippen LogP contribution in [0.2, 0.25) is 0 Å². The molecule has 0 spiro atoms. The first-order chi connectivity index (χ1) is 6.02. The van der Waals surface area contributed by atoms with Crippen molar-refractivity contribution >= 4 is 12.4 Å². The van der Waals surface area contributed by atoms with Crippen LogP contribution in [-0.4, -0.2) is 6.43 Å². The maximum absolute atomic E-state index is 12.6. The lowest BCUT2D eigenvalue weighted by molar-refractivity contribution is 0.0475. The zero-order valence-corrected chi connectivity index (χ0v) is 8.21. The molecule has 0 aliphatic carbocycles. The molecular weight excluding hydrogens is 241 g/mol. The third-order valence-electron chi connectivity index (χ3n) is 1.48. The second-order valence-corrected chi connectivity index (χ2v) is 2.40. The van der Waals surface area contributed by atoms with Gasteiger partial charge in [-0.2, -0.15) is 0 Å². The molecule has 7 heteroatoms. The lowest BCUT2D eigenvalue weighted by Gasteiger charge is -2.07. The highest BCUT2D eigenvalue weighted by Crippen LogP contribution is 2.26. The second kappa shape index (κ2) is 6.58. The van der Waals surface area contributed by atoms with E-state index in [1.54, 1.807) is 0 Å². The van der Waals surface area contributed by atoms with E-state index in [1.165, 1.54) is 0 Å². The maximum atomic E-state index is 12.6. The van der Waals surface area contributed by atoms with E-state index in [1.807, 2.05) is 0 Å². The summed E-state index contributed by atoms with van der Waals surface area (Å²) in [5.74, 6) is -2.23. The van der Waals surface area contributed by atoms with Crippen molar-refractivity contribution in [2.45, 2.75) is 12.6 Å². The molecule has 0 amide bonds. The van der Waals surface area contributed by atoms with E-state index >= 15 is 0 Å². The molecular formula is C8H9ClF5N. The van der Waals surface area contributed by atoms with Crippen molar-refractivity contribution in [3.8, 4) is 0 Å². The zero-order valence-electron chi connectivity index (χ0n) is 7.39. The fraction of sp³-hybridized carbons (Fsp3) is 0.250. The molecule has 0 bridgehead atoms. The summed E-state index contributed by atoms with van der Waals surface area (Å²) in [6.45, 7) is 0. The fourth-order valence-electron chi connectivity index (χ4n) is 0.861. The van der Waals surface area contributed by atoms with Crippen LogP contribution in [0.3, 0.4) is 0 Å². The fourth-order valence-corrected chi connectivity index (χ4v) is 0.861. The first-order valence-electron chi connectivity index (χ1n) is 3.39. The molecule has 1 aromatic carbocycles. The van der Waals surface area contributed by atoms with Crippen molar-refractivity contribution in [1.29, 1.82) is 0 Å². The summed E-state index contributed by atoms with van der Waals surface area (Å²) in [7, 11) is 0. The van der Waals surface area contributed by atoms with Crippen LogP contribution >= 0.6 is 12.4 Å². The minimum atomic E-state index is -3.31. The van der Waals surface area contributed by atoms with Gasteiger partial charge in [0.25, 0.3) is 6.43 Å². The minimum absolute atomic E-state index is 0. The van der Waals surface area contributed by atoms with Crippen molar-refractivity contribution in [3.63, 3.8) is 0 Å². The van der Waals surface area contributed by atoms with Gasteiger partial charge in [0.15, 0.2) is 6.17 Å². The van der Waals surface area contributed by atoms with Crippen molar-refractivity contribution in [3.05, 3.63) is 35.4 Å². The molecule has 3 N–H and O–H groups in total. The smallest absolute Gasteiger partial charge is 0.273 e. The molecule has 0 heterocycles. The maximum Gasteiger partial charge on any atom is 0.273 e. The van der Waals surface area contributed by atoms with Crippen LogP contribution in [0.4, 0.5) is 22.0 Å². The zero-order chi connectivity index (χ0) is 10.0. The summed E-state index contributed by atoms with van der Waals surface area (Å²) in [4.78, 5) is 0. The Hall–Kier alpha value is -0.880. The Balaban J connectivity index is 0. The van der Waals surface area contributed by atoms with Crippen molar-refractivity contribution in [2.75, 3.05) is 0 Å². The number of halogens is 6. The van der Waals surface area contributed by atoms with Gasteiger partial charge in [0.2, 0.25) is 0 Å². The minimum Gasteiger partial charge on any atom is -0.344 e. The SMILES string of the molecule is Cl.Fc1ccc(C(F)C(F)F)c(F)c1.N. The molecule has 0 aliphatic rings. The molecule has 1 rings (SSSR count). The van der Waals surface area contributed by atoms with E-state index in [-0.39, 0.29) is 18.6 Å². The summed E-state index contributed by atoms with van der Waals surface area (Å²) in [6, 6.07) is 1.76. The highest BCUT2D eigenvalue weighted by atomic mass is 35.5. The Morgan fingerprint density at radius 1 is 1.00 bits per heavy atom. The first-order valence-corrected chi connectivity index (χ1v) is 3.39. The molecule has 0 saturated heterocycles. The molecule has 0 saturated carbocycles. The molecule has 1 unspecified atom stereocenters. The molecule has 1 nitrogen and oxygen atoms in total. The topological polar surface area (TPSA) is 35.0 Å². The first kappa shape index (κ1) is 16.5. The third kappa shape index (κ3) is 4.01. The summed E-state index contributed by atoms with van der Waals surface area (Å²) in [5, 5.41) is 0. The van der Waals surface area contributed by atoms with Crippen LogP contribution in [0.25, 0.3) is 0 Å². The van der Waals surface area contributed by atoms with Crippen molar-refractivity contribution < 1.29 is 22.0 Å². The molecule has 0 aromatic heterocycles. The monoisotopic (exact) mass is 249 g/mol. The summed E-state index contributed by atoms with van der Waals surface area (Å²) >= 11 is 0. The van der Waals surface area contributed by atoms with Gasteiger partial charge in [0.05, 0.1) is 0 Å². The predicted octanol–water partition coefficient (Wildman–Crippen LogP) is 3.82. The second-order valence-electron chi connectivity index (χ2n) is 2.40. The van der Waals surface area contributed by atoms with Gasteiger partial charge in [-0.05, 0) is 6.07 Å². The summed E-state index contributed by atoms with van der Waals surface area (Å²) < 4.78 is 61.0. The predicted molar refractivity (Wildman–Crippen MR) is 48.5 cm³/mol. The number of hydrogen-bond donors (Lipinski definition) is 1. The number of alkyl halides is 3. The van der Waals surface area contributed by atoms with Crippen LogP contribution in [0, 0.1) is 11.6 Å². The molecule has 0 fully saturated rings. The van der Waals surface area contributed by atoms with E-state index in [9.17, 15) is 22.0 Å². The van der Waals surface area contributed by atoms with E-state index in [4.69, 9.17) is 0 Å². The summed E-state index contributed by atoms with van der Waals surface area (Å²) in [6.07, 6.45) is -6.01. The molecule has 15 heavy (non-hydrogen) atoms. The van der Waals surface area contributed by atoms with Gasteiger partial charge in [-0.15, -0.1) is 12.4 Å². The van der Waals surface area contributed by atoms with E-state index in [0.717, 1.165) is 6.07 Å². The Labute approximate surface area is 89.3 Å². The number of rotatable bonds is 2. The molecule has 1 atom stereocenters. The van der Waals surface area contributed by atoms with Gasteiger partial charge in [0.1, 0.15) is 11.6 Å². The van der Waals surface area contributed by atoms with Crippen molar-refractivity contribution in [2.24, 2.45) is 0 Å². The van der Waals surface area contributed by atoms with Gasteiger partial charge >= 0.3 is 0 Å². The average molecular weight is 250 g/mol. The van der Waals surface area contributed by atoms with E-state index in [0.29, 0.717) is 12.1 Å². The van der Waals surface area contributed by atoms with Gasteiger partial charge in [-0.3, -0.25) is 0 Å². The highest BCUT2D eigenvalue weighted by molar-refractivity contribution is 5.85. The lowest BCUT2D eigenvalue weighted by Crippen LogP contribution is -2.05. The number of hydrogen-bond acceptors (Lipinski definition) is 1. The average Bonchev–Trinajstić information content (AvgIpc) is 2.03. The van der Waals surface area contributed by atoms with E-state index < -0.39 is 29.8 Å². The molecule has 0 radical (unpaired) electrons. The van der Waals surface area contributed by atoms with Crippen LogP contribution in [0.15, 0.2) is 18.2 Å². The van der Waals surface area contributed by atoms with Gasteiger partial charge in [0, 0.05) is 11.6 Å². The molecule has 1 aromatic rings. The molecule has 88 valence electrons. The van der Waals surface area contributed by atoms with Gasteiger partial charge < -0.3 is 6.15 Å². The third-order valence-corrected chi connectivity index (χ3v) is 1.48. The normalized spacial score (nSPS) is 11.6. The Morgan fingerprint density at radius 2 is 1.53 bits per heavy atom. The van der Waals surface area contributed by atoms with E-state index in [2.05, 4.69) is 0 Å². The largest absolute Gasteiger partial charge is 0.344 e. The van der Waals surface area contributed by atoms with Crippen LogP contribution in [0.5, 0.6) is 0 Å². The Morgan fingerprint density at radius 3 is 1.93 bits per heavy atom. The van der Waals surface area contributed by atoms with Gasteiger partial charge in [-0.1, -0.05) is 6.07 Å². The highest BCUT2D eigenvalue weighted by Gasteiger charge is 2.24. The van der Waals surface area contributed by atoms with Crippen LogP contribution < -0.4 is 6.15 Å². The Bertz CT molecular complexity index is 307. The van der Waals surface area contributed by atoms with Crippen LogP contribution in [-0.2, 0) is 0 Å². The summed E-state index contributed by atoms with van der Waals surface area (Å²) in [5.41, 5.74) is -0.823. The van der Waals surface area contributed by atoms with Crippen molar-refractivity contribution in [1.82, 2.24) is 6.15 Å². The number of benzene rings is 1.